The van der Waals surface area contributed by atoms with Gasteiger partial charge in [-0.3, -0.25) is 4.79 Å². The Balaban J connectivity index is 1.72. The molecule has 142 valence electrons. The van der Waals surface area contributed by atoms with Crippen LogP contribution < -0.4 is 0 Å². The Morgan fingerprint density at radius 2 is 1.17 bits per heavy atom. The quantitative estimate of drug-likeness (QED) is 0.377. The summed E-state index contributed by atoms with van der Waals surface area (Å²) in [4.78, 5) is 27.2. The molecule has 0 saturated carbocycles. The Labute approximate surface area is 173 Å². The van der Waals surface area contributed by atoms with Gasteiger partial charge in [0.15, 0.2) is 5.82 Å². The highest BCUT2D eigenvalue weighted by Gasteiger charge is 2.16. The van der Waals surface area contributed by atoms with Gasteiger partial charge >= 0.3 is 0 Å². The summed E-state index contributed by atoms with van der Waals surface area (Å²) >= 11 is 0. The summed E-state index contributed by atoms with van der Waals surface area (Å²) in [5.41, 5.74) is 4.87. The minimum absolute atomic E-state index is 0.122. The van der Waals surface area contributed by atoms with Crippen LogP contribution in [0.15, 0.2) is 103 Å². The maximum absolute atomic E-state index is 12.9. The van der Waals surface area contributed by atoms with Crippen molar-refractivity contribution in [1.82, 2.24) is 15.0 Å². The van der Waals surface area contributed by atoms with Crippen molar-refractivity contribution in [3.05, 3.63) is 114 Å². The fourth-order valence-electron chi connectivity index (χ4n) is 3.39. The molecule has 4 heteroatoms. The first-order chi connectivity index (χ1) is 14.8. The minimum Gasteiger partial charge on any atom is -0.287 e. The molecule has 5 rings (SSSR count). The number of nitrogens with zero attached hydrogens (tertiary/aromatic N) is 3. The van der Waals surface area contributed by atoms with Gasteiger partial charge in [-0.2, -0.15) is 0 Å². The summed E-state index contributed by atoms with van der Waals surface area (Å²) in [5, 5.41) is 0. The van der Waals surface area contributed by atoms with E-state index in [1.807, 2.05) is 84.9 Å². The molecule has 30 heavy (non-hydrogen) atoms. The highest BCUT2D eigenvalue weighted by molar-refractivity contribution is 6.09. The number of hydrogen-bond acceptors (Lipinski definition) is 4. The van der Waals surface area contributed by atoms with Gasteiger partial charge in [-0.1, -0.05) is 91.0 Å². The predicted molar refractivity (Wildman–Crippen MR) is 118 cm³/mol. The van der Waals surface area contributed by atoms with Crippen molar-refractivity contribution in [2.45, 2.75) is 0 Å². The first-order valence-electron chi connectivity index (χ1n) is 9.69. The van der Waals surface area contributed by atoms with E-state index >= 15 is 0 Å². The lowest BCUT2D eigenvalue weighted by Crippen LogP contribution is -2.05. The molecule has 0 aliphatic heterocycles. The van der Waals surface area contributed by atoms with E-state index in [-0.39, 0.29) is 5.78 Å². The summed E-state index contributed by atoms with van der Waals surface area (Å²) in [7, 11) is 0. The summed E-state index contributed by atoms with van der Waals surface area (Å²) in [6.07, 6.45) is 0. The molecule has 0 fully saturated rings. The fraction of sp³-hybridized carbons (Fsp3) is 0. The molecule has 2 aromatic heterocycles. The summed E-state index contributed by atoms with van der Waals surface area (Å²) in [5.74, 6) is 0.509. The Morgan fingerprint density at radius 3 is 1.83 bits per heavy atom. The van der Waals surface area contributed by atoms with Gasteiger partial charge < -0.3 is 0 Å². The van der Waals surface area contributed by atoms with Crippen molar-refractivity contribution in [2.75, 3.05) is 0 Å². The zero-order valence-corrected chi connectivity index (χ0v) is 16.1. The fourth-order valence-corrected chi connectivity index (χ4v) is 3.39. The maximum atomic E-state index is 12.9. The van der Waals surface area contributed by atoms with E-state index in [1.165, 1.54) is 0 Å². The third kappa shape index (κ3) is 3.35. The topological polar surface area (TPSA) is 55.7 Å². The lowest BCUT2D eigenvalue weighted by atomic mass is 10.1. The van der Waals surface area contributed by atoms with Crippen molar-refractivity contribution in [1.29, 1.82) is 0 Å². The number of benzene rings is 3. The minimum atomic E-state index is -0.122. The molecule has 0 N–H and O–H groups in total. The Hall–Kier alpha value is -4.18. The Kier molecular flexibility index (Phi) is 4.58. The van der Waals surface area contributed by atoms with Crippen LogP contribution in [0.4, 0.5) is 0 Å². The third-order valence-electron chi connectivity index (χ3n) is 4.89. The van der Waals surface area contributed by atoms with Gasteiger partial charge in [0, 0.05) is 16.7 Å². The third-order valence-corrected chi connectivity index (χ3v) is 4.89. The average molecular weight is 387 g/mol. The van der Waals surface area contributed by atoms with E-state index < -0.39 is 0 Å². The van der Waals surface area contributed by atoms with Gasteiger partial charge in [-0.25, -0.2) is 15.0 Å². The van der Waals surface area contributed by atoms with E-state index in [9.17, 15) is 4.79 Å². The van der Waals surface area contributed by atoms with Gasteiger partial charge in [0.2, 0.25) is 5.78 Å². The summed E-state index contributed by atoms with van der Waals surface area (Å²) in [6.45, 7) is 0. The van der Waals surface area contributed by atoms with Crippen LogP contribution in [0, 0.1) is 0 Å². The van der Waals surface area contributed by atoms with Crippen LogP contribution in [0.25, 0.3) is 33.7 Å². The number of aromatic nitrogens is 3. The predicted octanol–water partition coefficient (Wildman–Crippen LogP) is 5.59. The molecular weight excluding hydrogens is 370 g/mol. The largest absolute Gasteiger partial charge is 0.287 e. The molecule has 0 aliphatic rings. The van der Waals surface area contributed by atoms with Crippen LogP contribution >= 0.6 is 0 Å². The van der Waals surface area contributed by atoms with Crippen molar-refractivity contribution < 1.29 is 4.79 Å². The van der Waals surface area contributed by atoms with E-state index in [0.717, 1.165) is 11.1 Å². The van der Waals surface area contributed by atoms with Crippen molar-refractivity contribution in [2.24, 2.45) is 0 Å². The van der Waals surface area contributed by atoms with Crippen LogP contribution in [0.5, 0.6) is 0 Å². The van der Waals surface area contributed by atoms with Crippen molar-refractivity contribution >= 4 is 16.8 Å². The molecule has 0 bridgehead atoms. The summed E-state index contributed by atoms with van der Waals surface area (Å²) < 4.78 is 0. The van der Waals surface area contributed by atoms with Crippen LogP contribution in [-0.4, -0.2) is 20.7 Å². The smallest absolute Gasteiger partial charge is 0.211 e. The van der Waals surface area contributed by atoms with Crippen LogP contribution in [-0.2, 0) is 0 Å². The molecule has 0 atom stereocenters. The summed E-state index contributed by atoms with van der Waals surface area (Å²) in [6, 6.07) is 32.5. The maximum Gasteiger partial charge on any atom is 0.211 e. The Bertz CT molecular complexity index is 1330. The number of rotatable bonds is 4. The number of carbonyl (C=O) groups excluding carboxylic acids is 1. The monoisotopic (exact) mass is 387 g/mol. The molecule has 3 aromatic carbocycles. The van der Waals surface area contributed by atoms with E-state index in [1.54, 1.807) is 18.2 Å². The van der Waals surface area contributed by atoms with Gasteiger partial charge in [-0.05, 0) is 12.1 Å². The Morgan fingerprint density at radius 1 is 0.567 bits per heavy atom. The van der Waals surface area contributed by atoms with E-state index in [0.29, 0.717) is 33.8 Å². The average Bonchev–Trinajstić information content (AvgIpc) is 2.84. The second kappa shape index (κ2) is 7.68. The van der Waals surface area contributed by atoms with Crippen LogP contribution in [0.2, 0.25) is 0 Å². The number of ketones is 1. The highest BCUT2D eigenvalue weighted by atomic mass is 16.1. The number of carbonyl (C=O) groups is 1. The standard InChI is InChI=1S/C26H17N3O/c30-25(19-12-6-2-7-13-19)22-17-16-21-24(27-22)23(18-10-4-1-5-11-18)29-26(28-21)20-14-8-3-9-15-20/h1-17H. The lowest BCUT2D eigenvalue weighted by Gasteiger charge is -2.10. The van der Waals surface area contributed by atoms with Crippen molar-refractivity contribution in [3.8, 4) is 22.6 Å². The first-order valence-corrected chi connectivity index (χ1v) is 9.69. The van der Waals surface area contributed by atoms with Crippen LogP contribution in [0.3, 0.4) is 0 Å². The van der Waals surface area contributed by atoms with Gasteiger partial charge in [0.05, 0.1) is 5.52 Å². The number of fused-ring (bicyclic) bond motifs is 1. The molecule has 0 aliphatic carbocycles. The molecule has 0 saturated heterocycles. The van der Waals surface area contributed by atoms with Gasteiger partial charge in [-0.15, -0.1) is 0 Å². The zero-order valence-electron chi connectivity index (χ0n) is 16.1. The molecule has 0 unspecified atom stereocenters. The molecule has 5 aromatic rings. The van der Waals surface area contributed by atoms with Gasteiger partial charge in [0.1, 0.15) is 16.9 Å². The molecule has 0 spiro atoms. The van der Waals surface area contributed by atoms with Crippen molar-refractivity contribution in [3.63, 3.8) is 0 Å². The number of hydrogen-bond donors (Lipinski definition) is 0. The van der Waals surface area contributed by atoms with E-state index in [2.05, 4.69) is 4.98 Å². The second-order valence-corrected chi connectivity index (χ2v) is 6.89. The van der Waals surface area contributed by atoms with Crippen LogP contribution in [0.1, 0.15) is 16.1 Å². The number of pyridine rings is 1. The molecule has 4 nitrogen and oxygen atoms in total. The SMILES string of the molecule is O=C(c1ccccc1)c1ccc2nc(-c3ccccc3)nc(-c3ccccc3)c2n1. The molecule has 2 heterocycles. The molecular formula is C26H17N3O. The first kappa shape index (κ1) is 17.9. The normalized spacial score (nSPS) is 10.8. The lowest BCUT2D eigenvalue weighted by molar-refractivity contribution is 0.103. The highest BCUT2D eigenvalue weighted by Crippen LogP contribution is 2.28. The second-order valence-electron chi connectivity index (χ2n) is 6.89. The molecule has 0 amide bonds. The van der Waals surface area contributed by atoms with E-state index in [4.69, 9.17) is 9.97 Å². The molecule has 0 radical (unpaired) electrons. The van der Waals surface area contributed by atoms with Gasteiger partial charge in [0.25, 0.3) is 0 Å². The zero-order chi connectivity index (χ0) is 20.3.